The molecular weight excluding hydrogens is 412 g/mol. The van der Waals surface area contributed by atoms with Crippen LogP contribution in [0.4, 0.5) is 5.13 Å². The van der Waals surface area contributed by atoms with Gasteiger partial charge in [0.2, 0.25) is 0 Å². The molecular formula is C18H16N6O5S. The fourth-order valence-electron chi connectivity index (χ4n) is 2.93. The van der Waals surface area contributed by atoms with E-state index in [1.807, 2.05) is 24.3 Å². The SMILES string of the molecule is Cn1c(=O)c2c(ncn2CC(=O)OCC(=O)Nc2nc3ccccc3s2)n(C)c1=O. The smallest absolute Gasteiger partial charge is 0.332 e. The Morgan fingerprint density at radius 1 is 1.17 bits per heavy atom. The van der Waals surface area contributed by atoms with Crippen LogP contribution < -0.4 is 16.6 Å². The summed E-state index contributed by atoms with van der Waals surface area (Å²) in [5.41, 5.74) is -0.0865. The lowest BCUT2D eigenvalue weighted by molar-refractivity contribution is -0.147. The fourth-order valence-corrected chi connectivity index (χ4v) is 3.81. The van der Waals surface area contributed by atoms with E-state index in [-0.39, 0.29) is 17.7 Å². The zero-order chi connectivity index (χ0) is 21.4. The lowest BCUT2D eigenvalue weighted by Crippen LogP contribution is -2.37. The van der Waals surface area contributed by atoms with Crippen molar-refractivity contribution >= 4 is 49.7 Å². The number of esters is 1. The molecule has 12 heteroatoms. The minimum Gasteiger partial charge on any atom is -0.454 e. The molecule has 0 bridgehead atoms. The normalized spacial score (nSPS) is 11.1. The predicted molar refractivity (Wildman–Crippen MR) is 109 cm³/mol. The second-order valence-corrected chi connectivity index (χ2v) is 7.48. The Morgan fingerprint density at radius 2 is 1.93 bits per heavy atom. The topological polar surface area (TPSA) is 130 Å². The third kappa shape index (κ3) is 3.48. The largest absolute Gasteiger partial charge is 0.454 e. The number of benzene rings is 1. The molecule has 4 aromatic rings. The Kier molecular flexibility index (Phi) is 4.91. The summed E-state index contributed by atoms with van der Waals surface area (Å²) in [6, 6.07) is 7.44. The van der Waals surface area contributed by atoms with Gasteiger partial charge >= 0.3 is 11.7 Å². The minimum absolute atomic E-state index is 0.0930. The Labute approximate surface area is 172 Å². The molecule has 3 aromatic heterocycles. The summed E-state index contributed by atoms with van der Waals surface area (Å²) in [5, 5.41) is 2.99. The number of aryl methyl sites for hydroxylation is 1. The van der Waals surface area contributed by atoms with Gasteiger partial charge < -0.3 is 9.30 Å². The van der Waals surface area contributed by atoms with E-state index < -0.39 is 29.7 Å². The number of hydrogen-bond acceptors (Lipinski definition) is 8. The Morgan fingerprint density at radius 3 is 2.70 bits per heavy atom. The molecule has 0 saturated heterocycles. The predicted octanol–water partition coefficient (Wildman–Crippen LogP) is 0.225. The summed E-state index contributed by atoms with van der Waals surface area (Å²) in [4.78, 5) is 56.8. The van der Waals surface area contributed by atoms with E-state index in [4.69, 9.17) is 4.74 Å². The van der Waals surface area contributed by atoms with E-state index in [1.165, 1.54) is 40.9 Å². The Balaban J connectivity index is 1.42. The molecule has 3 heterocycles. The highest BCUT2D eigenvalue weighted by molar-refractivity contribution is 7.22. The van der Waals surface area contributed by atoms with Crippen LogP contribution in [-0.2, 0) is 35.0 Å². The average Bonchev–Trinajstić information content (AvgIpc) is 3.32. The van der Waals surface area contributed by atoms with Gasteiger partial charge in [-0.2, -0.15) is 0 Å². The van der Waals surface area contributed by atoms with Gasteiger partial charge in [0, 0.05) is 14.1 Å². The average molecular weight is 428 g/mol. The highest BCUT2D eigenvalue weighted by atomic mass is 32.1. The highest BCUT2D eigenvalue weighted by Crippen LogP contribution is 2.25. The van der Waals surface area contributed by atoms with Crippen molar-refractivity contribution in [1.82, 2.24) is 23.7 Å². The third-order valence-corrected chi connectivity index (χ3v) is 5.37. The summed E-state index contributed by atoms with van der Waals surface area (Å²) in [6.45, 7) is -0.837. The maximum atomic E-state index is 12.4. The van der Waals surface area contributed by atoms with Crippen LogP contribution in [0, 0.1) is 0 Å². The molecule has 0 unspecified atom stereocenters. The van der Waals surface area contributed by atoms with Crippen molar-refractivity contribution in [3.05, 3.63) is 51.4 Å². The first kappa shape index (κ1) is 19.5. The van der Waals surface area contributed by atoms with E-state index in [0.717, 1.165) is 14.8 Å². The number of amides is 1. The van der Waals surface area contributed by atoms with Gasteiger partial charge in [-0.15, -0.1) is 0 Å². The fraction of sp³-hybridized carbons (Fsp3) is 0.222. The van der Waals surface area contributed by atoms with Crippen LogP contribution >= 0.6 is 11.3 Å². The molecule has 1 N–H and O–H groups in total. The number of imidazole rings is 1. The summed E-state index contributed by atoms with van der Waals surface area (Å²) in [7, 11) is 2.82. The van der Waals surface area contributed by atoms with Crippen LogP contribution in [0.3, 0.4) is 0 Å². The Hall–Kier alpha value is -3.80. The number of hydrogen-bond donors (Lipinski definition) is 1. The number of para-hydroxylation sites is 1. The molecule has 154 valence electrons. The van der Waals surface area contributed by atoms with Crippen LogP contribution in [0.25, 0.3) is 21.4 Å². The first-order valence-electron chi connectivity index (χ1n) is 8.77. The number of fused-ring (bicyclic) bond motifs is 2. The maximum absolute atomic E-state index is 12.4. The van der Waals surface area contributed by atoms with Crippen molar-refractivity contribution in [3.8, 4) is 0 Å². The highest BCUT2D eigenvalue weighted by Gasteiger charge is 2.17. The van der Waals surface area contributed by atoms with Gasteiger partial charge in [-0.3, -0.25) is 28.8 Å². The van der Waals surface area contributed by atoms with Gasteiger partial charge in [-0.05, 0) is 12.1 Å². The summed E-state index contributed by atoms with van der Waals surface area (Å²) in [5.74, 6) is -1.26. The van der Waals surface area contributed by atoms with Crippen molar-refractivity contribution in [1.29, 1.82) is 0 Å². The van der Waals surface area contributed by atoms with Crippen LogP contribution in [-0.4, -0.2) is 42.2 Å². The number of aromatic nitrogens is 5. The Bertz CT molecular complexity index is 1380. The molecule has 0 aliphatic heterocycles. The van der Waals surface area contributed by atoms with Crippen molar-refractivity contribution in [2.24, 2.45) is 14.1 Å². The second-order valence-electron chi connectivity index (χ2n) is 6.45. The number of thiazole rings is 1. The molecule has 0 fully saturated rings. The van der Waals surface area contributed by atoms with E-state index in [9.17, 15) is 19.2 Å². The number of ether oxygens (including phenoxy) is 1. The molecule has 4 rings (SSSR count). The molecule has 0 saturated carbocycles. The standard InChI is InChI=1S/C18H16N6O5S/c1-22-15-14(16(27)23(2)18(22)28)24(9-19-15)7-13(26)29-8-12(25)21-17-20-10-5-3-4-6-11(10)30-17/h3-6,9H,7-8H2,1-2H3,(H,20,21,25). The monoisotopic (exact) mass is 428 g/mol. The third-order valence-electron chi connectivity index (χ3n) is 4.42. The quantitative estimate of drug-likeness (QED) is 0.450. The van der Waals surface area contributed by atoms with E-state index >= 15 is 0 Å². The summed E-state index contributed by atoms with van der Waals surface area (Å²) in [6.07, 6.45) is 1.27. The molecule has 1 aromatic carbocycles. The summed E-state index contributed by atoms with van der Waals surface area (Å²) >= 11 is 1.31. The van der Waals surface area contributed by atoms with Crippen LogP contribution in [0.15, 0.2) is 40.2 Å². The maximum Gasteiger partial charge on any atom is 0.332 e. The molecule has 0 aliphatic rings. The molecule has 0 aliphatic carbocycles. The molecule has 30 heavy (non-hydrogen) atoms. The number of carbonyl (C=O) groups excluding carboxylic acids is 2. The van der Waals surface area contributed by atoms with Gasteiger partial charge in [0.25, 0.3) is 11.5 Å². The molecule has 0 radical (unpaired) electrons. The van der Waals surface area contributed by atoms with E-state index in [1.54, 1.807) is 0 Å². The molecule has 11 nitrogen and oxygen atoms in total. The van der Waals surface area contributed by atoms with Crippen molar-refractivity contribution in [2.75, 3.05) is 11.9 Å². The van der Waals surface area contributed by atoms with Crippen LogP contribution in [0.1, 0.15) is 0 Å². The zero-order valence-corrected chi connectivity index (χ0v) is 16.8. The van der Waals surface area contributed by atoms with Crippen LogP contribution in [0.2, 0.25) is 0 Å². The summed E-state index contributed by atoms with van der Waals surface area (Å²) < 4.78 is 9.34. The number of anilines is 1. The van der Waals surface area contributed by atoms with Gasteiger partial charge in [0.05, 0.1) is 16.5 Å². The van der Waals surface area contributed by atoms with Crippen LogP contribution in [0.5, 0.6) is 0 Å². The number of rotatable bonds is 5. The van der Waals surface area contributed by atoms with Crippen molar-refractivity contribution in [3.63, 3.8) is 0 Å². The second kappa shape index (κ2) is 7.55. The lowest BCUT2D eigenvalue weighted by atomic mass is 10.3. The van der Waals surface area contributed by atoms with E-state index in [2.05, 4.69) is 15.3 Å². The number of nitrogens with zero attached hydrogens (tertiary/aromatic N) is 5. The van der Waals surface area contributed by atoms with Gasteiger partial charge in [-0.1, -0.05) is 23.5 Å². The zero-order valence-electron chi connectivity index (χ0n) is 16.0. The first-order valence-corrected chi connectivity index (χ1v) is 9.58. The first-order chi connectivity index (χ1) is 14.3. The van der Waals surface area contributed by atoms with Gasteiger partial charge in [-0.25, -0.2) is 14.8 Å². The minimum atomic E-state index is -0.732. The molecule has 1 amide bonds. The van der Waals surface area contributed by atoms with Gasteiger partial charge in [0.1, 0.15) is 6.54 Å². The number of carbonyl (C=O) groups is 2. The number of nitrogens with one attached hydrogen (secondary N) is 1. The molecule has 0 spiro atoms. The molecule has 0 atom stereocenters. The van der Waals surface area contributed by atoms with Gasteiger partial charge in [0.15, 0.2) is 22.9 Å². The van der Waals surface area contributed by atoms with Crippen molar-refractivity contribution < 1.29 is 14.3 Å². The lowest BCUT2D eigenvalue weighted by Gasteiger charge is -2.07. The van der Waals surface area contributed by atoms with Crippen molar-refractivity contribution in [2.45, 2.75) is 6.54 Å². The van der Waals surface area contributed by atoms with E-state index in [0.29, 0.717) is 5.13 Å².